The summed E-state index contributed by atoms with van der Waals surface area (Å²) in [6.07, 6.45) is 2.72. The fourth-order valence-electron chi connectivity index (χ4n) is 2.16. The molecule has 0 saturated heterocycles. The van der Waals surface area contributed by atoms with Crippen LogP contribution in [-0.4, -0.2) is 32.3 Å². The van der Waals surface area contributed by atoms with Gasteiger partial charge in [0.05, 0.1) is 12.7 Å². The van der Waals surface area contributed by atoms with Crippen molar-refractivity contribution in [1.29, 1.82) is 0 Å². The lowest BCUT2D eigenvalue weighted by molar-refractivity contribution is 0.0846. The first-order chi connectivity index (χ1) is 9.56. The Morgan fingerprint density at radius 2 is 2.15 bits per heavy atom. The summed E-state index contributed by atoms with van der Waals surface area (Å²) in [4.78, 5) is 2.13. The molecule has 1 aliphatic carbocycles. The van der Waals surface area contributed by atoms with E-state index >= 15 is 0 Å². The molecule has 4 heteroatoms. The van der Waals surface area contributed by atoms with Crippen molar-refractivity contribution in [2.24, 2.45) is 0 Å². The molecule has 1 N–H and O–H groups in total. The average Bonchev–Trinajstić information content (AvgIpc) is 3.19. The summed E-state index contributed by atoms with van der Waals surface area (Å²) in [5.41, 5.74) is 2.09. The number of rotatable bonds is 8. The Morgan fingerprint density at radius 3 is 2.80 bits per heavy atom. The van der Waals surface area contributed by atoms with E-state index in [-0.39, 0.29) is 11.9 Å². The fourth-order valence-corrected chi connectivity index (χ4v) is 2.16. The van der Waals surface area contributed by atoms with Gasteiger partial charge in [-0.1, -0.05) is 0 Å². The molecule has 0 bridgehead atoms. The van der Waals surface area contributed by atoms with Crippen LogP contribution in [0.25, 0.3) is 0 Å². The number of nitrogens with zero attached hydrogens (tertiary/aromatic N) is 1. The van der Waals surface area contributed by atoms with E-state index in [2.05, 4.69) is 10.2 Å². The zero-order valence-electron chi connectivity index (χ0n) is 12.7. The number of ether oxygens (including phenoxy) is 1. The topological polar surface area (TPSA) is 24.5 Å². The molecule has 1 saturated carbocycles. The second kappa shape index (κ2) is 7.04. The molecule has 0 radical (unpaired) electrons. The predicted octanol–water partition coefficient (Wildman–Crippen LogP) is 2.94. The molecular formula is C16H25FN2O. The molecule has 0 aliphatic heterocycles. The van der Waals surface area contributed by atoms with Crippen molar-refractivity contribution in [3.05, 3.63) is 29.6 Å². The maximum Gasteiger partial charge on any atom is 0.123 e. The molecule has 0 spiro atoms. The minimum absolute atomic E-state index is 0.173. The molecule has 1 aromatic carbocycles. The number of hydrogen-bond acceptors (Lipinski definition) is 3. The van der Waals surface area contributed by atoms with E-state index in [1.807, 2.05) is 27.0 Å². The van der Waals surface area contributed by atoms with Crippen molar-refractivity contribution in [3.63, 3.8) is 0 Å². The van der Waals surface area contributed by atoms with Gasteiger partial charge in [-0.25, -0.2) is 4.39 Å². The van der Waals surface area contributed by atoms with Crippen LogP contribution in [0.4, 0.5) is 10.1 Å². The maximum absolute atomic E-state index is 13.4. The Kier molecular flexibility index (Phi) is 5.38. The van der Waals surface area contributed by atoms with Crippen LogP contribution in [0.2, 0.25) is 0 Å². The molecule has 1 aliphatic rings. The number of likely N-dealkylation sites (N-methyl/N-ethyl adjacent to an activating group) is 1. The molecule has 0 heterocycles. The lowest BCUT2D eigenvalue weighted by atomic mass is 10.1. The summed E-state index contributed by atoms with van der Waals surface area (Å²) in [5, 5.41) is 3.45. The maximum atomic E-state index is 13.4. The Labute approximate surface area is 121 Å². The molecule has 0 aromatic heterocycles. The second-order valence-electron chi connectivity index (χ2n) is 5.77. The van der Waals surface area contributed by atoms with Gasteiger partial charge in [-0.15, -0.1) is 0 Å². The van der Waals surface area contributed by atoms with Gasteiger partial charge in [0.15, 0.2) is 0 Å². The molecule has 2 rings (SSSR count). The van der Waals surface area contributed by atoms with Gasteiger partial charge in [0.2, 0.25) is 0 Å². The van der Waals surface area contributed by atoms with Crippen LogP contribution >= 0.6 is 0 Å². The summed E-state index contributed by atoms with van der Waals surface area (Å²) in [6.45, 7) is 6.28. The van der Waals surface area contributed by atoms with Crippen LogP contribution in [0.15, 0.2) is 18.2 Å². The van der Waals surface area contributed by atoms with Crippen LogP contribution < -0.4 is 10.2 Å². The van der Waals surface area contributed by atoms with Crippen molar-refractivity contribution in [1.82, 2.24) is 5.32 Å². The van der Waals surface area contributed by atoms with Gasteiger partial charge in [0.1, 0.15) is 5.82 Å². The van der Waals surface area contributed by atoms with Gasteiger partial charge in [-0.3, -0.25) is 0 Å². The molecule has 0 atom stereocenters. The third-order valence-corrected chi connectivity index (χ3v) is 3.49. The number of hydrogen-bond donors (Lipinski definition) is 1. The minimum atomic E-state index is -0.173. The van der Waals surface area contributed by atoms with E-state index in [4.69, 9.17) is 4.74 Å². The monoisotopic (exact) mass is 280 g/mol. The molecule has 3 nitrogen and oxygen atoms in total. The van der Waals surface area contributed by atoms with Crippen LogP contribution in [-0.2, 0) is 11.3 Å². The van der Waals surface area contributed by atoms with Crippen LogP contribution in [0.5, 0.6) is 0 Å². The summed E-state index contributed by atoms with van der Waals surface area (Å²) < 4.78 is 19.0. The summed E-state index contributed by atoms with van der Waals surface area (Å²) in [5.74, 6) is -0.173. The van der Waals surface area contributed by atoms with Gasteiger partial charge >= 0.3 is 0 Å². The highest BCUT2D eigenvalue weighted by molar-refractivity contribution is 5.53. The van der Waals surface area contributed by atoms with Crippen molar-refractivity contribution < 1.29 is 9.13 Å². The fraction of sp³-hybridized carbons (Fsp3) is 0.625. The first-order valence-electron chi connectivity index (χ1n) is 7.41. The van der Waals surface area contributed by atoms with Crippen molar-refractivity contribution in [2.75, 3.05) is 25.1 Å². The minimum Gasteiger partial charge on any atom is -0.377 e. The zero-order valence-corrected chi connectivity index (χ0v) is 12.7. The Morgan fingerprint density at radius 1 is 1.40 bits per heavy atom. The number of halogens is 1. The molecule has 1 fully saturated rings. The summed E-state index contributed by atoms with van der Waals surface area (Å²) in [6, 6.07) is 5.63. The zero-order chi connectivity index (χ0) is 14.5. The lowest BCUT2D eigenvalue weighted by Crippen LogP contribution is -2.26. The smallest absolute Gasteiger partial charge is 0.123 e. The highest BCUT2D eigenvalue weighted by Crippen LogP contribution is 2.24. The van der Waals surface area contributed by atoms with Gasteiger partial charge < -0.3 is 15.0 Å². The quantitative estimate of drug-likeness (QED) is 0.792. The first-order valence-corrected chi connectivity index (χ1v) is 7.41. The molecular weight excluding hydrogens is 255 g/mol. The molecule has 1 aromatic rings. The number of anilines is 1. The van der Waals surface area contributed by atoms with Gasteiger partial charge in [-0.2, -0.15) is 0 Å². The van der Waals surface area contributed by atoms with Gasteiger partial charge in [-0.05, 0) is 50.5 Å². The third kappa shape index (κ3) is 4.76. The van der Waals surface area contributed by atoms with E-state index in [0.717, 1.165) is 24.3 Å². The van der Waals surface area contributed by atoms with E-state index < -0.39 is 0 Å². The van der Waals surface area contributed by atoms with Crippen LogP contribution in [0, 0.1) is 5.82 Å². The second-order valence-corrected chi connectivity index (χ2v) is 5.77. The van der Waals surface area contributed by atoms with Gasteiger partial charge in [0.25, 0.3) is 0 Å². The molecule has 0 amide bonds. The van der Waals surface area contributed by atoms with Crippen LogP contribution in [0.3, 0.4) is 0 Å². The first kappa shape index (κ1) is 15.3. The number of nitrogens with one attached hydrogen (secondary N) is 1. The Bertz CT molecular complexity index is 432. The SMILES string of the molecule is CC(C)OCCN(C)c1ccc(F)cc1CNC1CC1. The van der Waals surface area contributed by atoms with Crippen LogP contribution in [0.1, 0.15) is 32.3 Å². The summed E-state index contributed by atoms with van der Waals surface area (Å²) in [7, 11) is 2.03. The van der Waals surface area contributed by atoms with E-state index in [9.17, 15) is 4.39 Å². The normalized spacial score (nSPS) is 14.8. The van der Waals surface area contributed by atoms with Crippen molar-refractivity contribution in [3.8, 4) is 0 Å². The van der Waals surface area contributed by atoms with Crippen molar-refractivity contribution >= 4 is 5.69 Å². The lowest BCUT2D eigenvalue weighted by Gasteiger charge is -2.23. The average molecular weight is 280 g/mol. The Hall–Kier alpha value is -1.13. The molecule has 0 unspecified atom stereocenters. The van der Waals surface area contributed by atoms with E-state index in [0.29, 0.717) is 12.6 Å². The summed E-state index contributed by atoms with van der Waals surface area (Å²) >= 11 is 0. The van der Waals surface area contributed by atoms with E-state index in [1.165, 1.54) is 18.9 Å². The van der Waals surface area contributed by atoms with E-state index in [1.54, 1.807) is 6.07 Å². The molecule has 112 valence electrons. The molecule has 20 heavy (non-hydrogen) atoms. The number of benzene rings is 1. The highest BCUT2D eigenvalue weighted by Gasteiger charge is 2.21. The standard InChI is InChI=1S/C16H25FN2O/c1-12(2)20-9-8-19(3)16-7-4-14(17)10-13(16)11-18-15-5-6-15/h4,7,10,12,15,18H,5-6,8-9,11H2,1-3H3. The van der Waals surface area contributed by atoms with Crippen molar-refractivity contribution in [2.45, 2.75) is 45.4 Å². The third-order valence-electron chi connectivity index (χ3n) is 3.49. The predicted molar refractivity (Wildman–Crippen MR) is 80.6 cm³/mol. The van der Waals surface area contributed by atoms with Gasteiger partial charge in [0, 0.05) is 31.9 Å². The highest BCUT2D eigenvalue weighted by atomic mass is 19.1. The largest absolute Gasteiger partial charge is 0.377 e. The Balaban J connectivity index is 1.96.